The van der Waals surface area contributed by atoms with Crippen LogP contribution in [0.1, 0.15) is 47.2 Å². The SMILES string of the molecule is Cc1ccc(N(c2ccc(C)cc2)c2ccc3c4c(c5ccccc5c3c2)-c2c(cc(N(c3ccc(C)cc3)c3ccc(C)cc3)c3ccccc23)C4(C)C)cc1. The molecule has 0 aromatic heterocycles. The Balaban J connectivity index is 1.24. The average molecular weight is 735 g/mol. The molecule has 10 rings (SSSR count). The first-order valence-electron chi connectivity index (χ1n) is 20.1. The fraction of sp³-hybridized carbons (Fsp3) is 0.127. The van der Waals surface area contributed by atoms with Gasteiger partial charge < -0.3 is 9.80 Å². The molecule has 9 aromatic carbocycles. The molecule has 0 saturated heterocycles. The number of hydrogen-bond acceptors (Lipinski definition) is 2. The van der Waals surface area contributed by atoms with Crippen molar-refractivity contribution in [3.63, 3.8) is 0 Å². The molecule has 2 nitrogen and oxygen atoms in total. The fourth-order valence-corrected chi connectivity index (χ4v) is 9.31. The van der Waals surface area contributed by atoms with Crippen molar-refractivity contribution in [3.05, 3.63) is 203 Å². The lowest BCUT2D eigenvalue weighted by atomic mass is 9.79. The van der Waals surface area contributed by atoms with Gasteiger partial charge in [0.25, 0.3) is 0 Å². The molecule has 2 heteroatoms. The number of rotatable bonds is 6. The summed E-state index contributed by atoms with van der Waals surface area (Å²) in [5.41, 5.74) is 17.1. The van der Waals surface area contributed by atoms with E-state index in [1.165, 1.54) is 82.5 Å². The topological polar surface area (TPSA) is 6.48 Å². The molecule has 0 spiro atoms. The van der Waals surface area contributed by atoms with Crippen LogP contribution >= 0.6 is 0 Å². The quantitative estimate of drug-likeness (QED) is 0.157. The highest BCUT2D eigenvalue weighted by Gasteiger charge is 2.40. The molecule has 0 aliphatic heterocycles. The van der Waals surface area contributed by atoms with E-state index in [0.29, 0.717) is 0 Å². The molecule has 0 fully saturated rings. The van der Waals surface area contributed by atoms with Gasteiger partial charge in [-0.2, -0.15) is 0 Å². The third kappa shape index (κ3) is 5.62. The Labute approximate surface area is 336 Å². The van der Waals surface area contributed by atoms with Crippen LogP contribution in [0.15, 0.2) is 170 Å². The summed E-state index contributed by atoms with van der Waals surface area (Å²) in [7, 11) is 0. The Kier molecular flexibility index (Phi) is 8.09. The fourth-order valence-electron chi connectivity index (χ4n) is 9.31. The zero-order valence-electron chi connectivity index (χ0n) is 33.6. The third-order valence-corrected chi connectivity index (χ3v) is 12.2. The first-order chi connectivity index (χ1) is 27.7. The minimum atomic E-state index is -0.285. The standard InChI is InChI=1S/C55H46N2/c1-35-15-23-39(24-16-35)56(40-25-17-36(2)18-26-40)43-31-32-48-49(33-43)44-11-7-9-13-46(44)53-52-47-14-10-8-12-45(47)51(34-50(52)55(5,6)54(48)53)57(41-27-19-37(3)20-28-41)42-29-21-38(4)22-30-42/h7-34H,1-6H3. The Bertz CT molecular complexity index is 2900. The number of hydrogen-bond donors (Lipinski definition) is 0. The Hall–Kier alpha value is -6.64. The Morgan fingerprint density at radius 1 is 0.333 bits per heavy atom. The lowest BCUT2D eigenvalue weighted by Crippen LogP contribution is -2.17. The lowest BCUT2D eigenvalue weighted by Gasteiger charge is -2.30. The maximum absolute atomic E-state index is 2.50. The first kappa shape index (κ1) is 34.8. The predicted molar refractivity (Wildman–Crippen MR) is 245 cm³/mol. The minimum Gasteiger partial charge on any atom is -0.310 e. The van der Waals surface area contributed by atoms with Crippen LogP contribution in [0.3, 0.4) is 0 Å². The van der Waals surface area contributed by atoms with Crippen molar-refractivity contribution in [1.82, 2.24) is 0 Å². The van der Waals surface area contributed by atoms with Gasteiger partial charge in [-0.15, -0.1) is 0 Å². The van der Waals surface area contributed by atoms with Gasteiger partial charge in [0, 0.05) is 39.2 Å². The molecule has 0 amide bonds. The molecule has 0 N–H and O–H groups in total. The second kappa shape index (κ2) is 13.2. The van der Waals surface area contributed by atoms with Crippen molar-refractivity contribution < 1.29 is 0 Å². The largest absolute Gasteiger partial charge is 0.310 e. The molecule has 1 aliphatic carbocycles. The van der Waals surface area contributed by atoms with Gasteiger partial charge in [-0.3, -0.25) is 0 Å². The summed E-state index contributed by atoms with van der Waals surface area (Å²) in [6.07, 6.45) is 0. The van der Waals surface area contributed by atoms with Gasteiger partial charge in [0.1, 0.15) is 0 Å². The number of benzene rings is 9. The van der Waals surface area contributed by atoms with Gasteiger partial charge in [-0.25, -0.2) is 0 Å². The van der Waals surface area contributed by atoms with Crippen molar-refractivity contribution in [2.24, 2.45) is 0 Å². The zero-order valence-corrected chi connectivity index (χ0v) is 33.6. The number of anilines is 6. The summed E-state index contributed by atoms with van der Waals surface area (Å²) in [6.45, 7) is 13.5. The van der Waals surface area contributed by atoms with Gasteiger partial charge in [0.05, 0.1) is 5.69 Å². The normalized spacial score (nSPS) is 12.9. The van der Waals surface area contributed by atoms with E-state index in [2.05, 4.69) is 221 Å². The maximum Gasteiger partial charge on any atom is 0.0543 e. The molecule has 57 heavy (non-hydrogen) atoms. The van der Waals surface area contributed by atoms with Crippen LogP contribution in [0.4, 0.5) is 34.1 Å². The molecule has 1 aliphatic rings. The predicted octanol–water partition coefficient (Wildman–Crippen LogP) is 15.6. The van der Waals surface area contributed by atoms with Crippen LogP contribution in [0.25, 0.3) is 43.4 Å². The molecule has 0 unspecified atom stereocenters. The van der Waals surface area contributed by atoms with Gasteiger partial charge in [0.15, 0.2) is 0 Å². The highest BCUT2D eigenvalue weighted by Crippen LogP contribution is 2.59. The minimum absolute atomic E-state index is 0.285. The van der Waals surface area contributed by atoms with Crippen LogP contribution in [0.2, 0.25) is 0 Å². The molecule has 0 radical (unpaired) electrons. The van der Waals surface area contributed by atoms with E-state index in [0.717, 1.165) is 28.4 Å². The summed E-state index contributed by atoms with van der Waals surface area (Å²) >= 11 is 0. The van der Waals surface area contributed by atoms with Crippen molar-refractivity contribution in [3.8, 4) is 11.1 Å². The van der Waals surface area contributed by atoms with E-state index >= 15 is 0 Å². The number of aryl methyl sites for hydroxylation is 4. The molecule has 0 atom stereocenters. The number of nitrogens with zero attached hydrogens (tertiary/aromatic N) is 2. The van der Waals surface area contributed by atoms with Crippen LogP contribution in [0.5, 0.6) is 0 Å². The maximum atomic E-state index is 2.50. The van der Waals surface area contributed by atoms with E-state index < -0.39 is 0 Å². The van der Waals surface area contributed by atoms with E-state index in [1.54, 1.807) is 0 Å². The average Bonchev–Trinajstić information content (AvgIpc) is 3.47. The Morgan fingerprint density at radius 3 is 1.23 bits per heavy atom. The van der Waals surface area contributed by atoms with Gasteiger partial charge in [-0.1, -0.05) is 139 Å². The lowest BCUT2D eigenvalue weighted by molar-refractivity contribution is 0.667. The van der Waals surface area contributed by atoms with Crippen LogP contribution in [0, 0.1) is 27.7 Å². The third-order valence-electron chi connectivity index (χ3n) is 12.2. The van der Waals surface area contributed by atoms with Crippen LogP contribution in [-0.2, 0) is 5.41 Å². The monoisotopic (exact) mass is 734 g/mol. The van der Waals surface area contributed by atoms with E-state index in [1.807, 2.05) is 0 Å². The van der Waals surface area contributed by atoms with Crippen molar-refractivity contribution in [1.29, 1.82) is 0 Å². The van der Waals surface area contributed by atoms with E-state index in [-0.39, 0.29) is 5.41 Å². The summed E-state index contributed by atoms with van der Waals surface area (Å²) in [5.74, 6) is 0. The molecular weight excluding hydrogens is 689 g/mol. The molecular formula is C55H46N2. The van der Waals surface area contributed by atoms with Gasteiger partial charge in [-0.05, 0) is 144 Å². The molecule has 0 saturated carbocycles. The molecule has 0 bridgehead atoms. The van der Waals surface area contributed by atoms with Crippen LogP contribution < -0.4 is 9.80 Å². The summed E-state index contributed by atoms with van der Waals surface area (Å²) in [5, 5.41) is 7.68. The highest BCUT2D eigenvalue weighted by atomic mass is 15.1. The summed E-state index contributed by atoms with van der Waals surface area (Å²) in [4.78, 5) is 4.85. The van der Waals surface area contributed by atoms with Gasteiger partial charge >= 0.3 is 0 Å². The first-order valence-corrected chi connectivity index (χ1v) is 20.1. The van der Waals surface area contributed by atoms with Crippen molar-refractivity contribution in [2.75, 3.05) is 9.80 Å². The van der Waals surface area contributed by atoms with Gasteiger partial charge in [0.2, 0.25) is 0 Å². The molecule has 276 valence electrons. The highest BCUT2D eigenvalue weighted by molar-refractivity contribution is 6.23. The number of fused-ring (bicyclic) bond motifs is 10. The smallest absolute Gasteiger partial charge is 0.0543 e. The van der Waals surface area contributed by atoms with E-state index in [9.17, 15) is 0 Å². The zero-order chi connectivity index (χ0) is 39.0. The van der Waals surface area contributed by atoms with Crippen molar-refractivity contribution in [2.45, 2.75) is 47.0 Å². The summed E-state index contributed by atoms with van der Waals surface area (Å²) in [6, 6.07) is 63.4. The Morgan fingerprint density at radius 2 is 0.737 bits per heavy atom. The van der Waals surface area contributed by atoms with Crippen molar-refractivity contribution >= 4 is 66.4 Å². The second-order valence-electron chi connectivity index (χ2n) is 16.5. The van der Waals surface area contributed by atoms with Crippen LogP contribution in [-0.4, -0.2) is 0 Å². The summed E-state index contributed by atoms with van der Waals surface area (Å²) < 4.78 is 0. The van der Waals surface area contributed by atoms with E-state index in [4.69, 9.17) is 0 Å². The molecule has 9 aromatic rings. The second-order valence-corrected chi connectivity index (χ2v) is 16.5. The molecule has 0 heterocycles.